The molecule has 3 N–H and O–H groups in total. The second kappa shape index (κ2) is 4.96. The molecule has 0 amide bonds. The molecule has 0 bridgehead atoms. The van der Waals surface area contributed by atoms with E-state index in [-0.39, 0.29) is 0 Å². The number of nitrogens with one attached hydrogen (secondary N) is 2. The molecule has 1 aliphatic rings. The fraction of sp³-hybridized carbons (Fsp3) is 0.400. The van der Waals surface area contributed by atoms with Crippen molar-refractivity contribution >= 4 is 22.7 Å². The predicted octanol–water partition coefficient (Wildman–Crippen LogP) is 3.47. The second-order valence-electron chi connectivity index (χ2n) is 5.26. The maximum Gasteiger partial charge on any atom is 0.340 e. The van der Waals surface area contributed by atoms with Crippen LogP contribution in [0.4, 0.5) is 5.82 Å². The van der Waals surface area contributed by atoms with Crippen molar-refractivity contribution in [2.45, 2.75) is 25.7 Å². The summed E-state index contributed by atoms with van der Waals surface area (Å²) in [5.41, 5.74) is 1.22. The van der Waals surface area contributed by atoms with E-state index in [0.29, 0.717) is 17.3 Å². The van der Waals surface area contributed by atoms with Crippen LogP contribution in [0.3, 0.4) is 0 Å². The summed E-state index contributed by atoms with van der Waals surface area (Å²) in [5, 5.41) is 13.4. The summed E-state index contributed by atoms with van der Waals surface area (Å²) < 4.78 is 0. The number of rotatable bonds is 4. The number of aromatic carboxylic acids is 1. The third-order valence-electron chi connectivity index (χ3n) is 3.96. The molecule has 1 fully saturated rings. The zero-order valence-corrected chi connectivity index (χ0v) is 10.8. The van der Waals surface area contributed by atoms with Crippen molar-refractivity contribution in [3.8, 4) is 0 Å². The first-order valence-corrected chi connectivity index (χ1v) is 6.83. The van der Waals surface area contributed by atoms with Crippen LogP contribution in [0.1, 0.15) is 36.0 Å². The number of carboxylic acid groups (broad SMARTS) is 1. The lowest BCUT2D eigenvalue weighted by Crippen LogP contribution is -2.13. The number of aromatic amines is 1. The molecule has 0 spiro atoms. The molecule has 19 heavy (non-hydrogen) atoms. The number of para-hydroxylation sites is 1. The molecule has 0 atom stereocenters. The average Bonchev–Trinajstić information content (AvgIpc) is 3.03. The maximum atomic E-state index is 11.4. The highest BCUT2D eigenvalue weighted by atomic mass is 16.4. The highest BCUT2D eigenvalue weighted by molar-refractivity contribution is 6.08. The molecule has 1 aromatic carbocycles. The Morgan fingerprint density at radius 2 is 2.05 bits per heavy atom. The Morgan fingerprint density at radius 3 is 2.79 bits per heavy atom. The van der Waals surface area contributed by atoms with E-state index in [1.54, 1.807) is 0 Å². The van der Waals surface area contributed by atoms with Gasteiger partial charge in [-0.15, -0.1) is 0 Å². The van der Waals surface area contributed by atoms with Crippen molar-refractivity contribution < 1.29 is 9.90 Å². The predicted molar refractivity (Wildman–Crippen MR) is 75.7 cm³/mol. The molecule has 1 heterocycles. The lowest BCUT2D eigenvalue weighted by Gasteiger charge is -2.11. The maximum absolute atomic E-state index is 11.4. The van der Waals surface area contributed by atoms with E-state index in [1.807, 2.05) is 24.3 Å². The standard InChI is InChI=1S/C15H18N2O2/c18-15(19)13-11-7-3-4-8-12(11)17-14(13)16-9-10-5-1-2-6-10/h3-4,7-8,10,16-17H,1-2,5-6,9H2,(H,18,19). The van der Waals surface area contributed by atoms with Crippen molar-refractivity contribution in [2.24, 2.45) is 5.92 Å². The van der Waals surface area contributed by atoms with Gasteiger partial charge in [0.2, 0.25) is 0 Å². The molecular formula is C15H18N2O2. The summed E-state index contributed by atoms with van der Waals surface area (Å²) in [5.74, 6) is 0.431. The van der Waals surface area contributed by atoms with Gasteiger partial charge in [-0.2, -0.15) is 0 Å². The average molecular weight is 258 g/mol. The summed E-state index contributed by atoms with van der Waals surface area (Å²) in [6, 6.07) is 7.52. The Balaban J connectivity index is 1.88. The molecule has 1 aromatic heterocycles. The van der Waals surface area contributed by atoms with Crippen molar-refractivity contribution in [1.29, 1.82) is 0 Å². The third-order valence-corrected chi connectivity index (χ3v) is 3.96. The molecule has 0 radical (unpaired) electrons. The Hall–Kier alpha value is -1.97. The zero-order valence-electron chi connectivity index (χ0n) is 10.8. The normalized spacial score (nSPS) is 16.0. The van der Waals surface area contributed by atoms with Crippen LogP contribution in [0, 0.1) is 5.92 Å². The van der Waals surface area contributed by atoms with Crippen molar-refractivity contribution in [3.63, 3.8) is 0 Å². The van der Waals surface area contributed by atoms with Gasteiger partial charge in [-0.05, 0) is 24.8 Å². The van der Waals surface area contributed by atoms with E-state index in [2.05, 4.69) is 10.3 Å². The molecule has 3 rings (SSSR count). The van der Waals surface area contributed by atoms with Gasteiger partial charge in [0.15, 0.2) is 0 Å². The van der Waals surface area contributed by atoms with Gasteiger partial charge in [-0.3, -0.25) is 0 Å². The van der Waals surface area contributed by atoms with Crippen LogP contribution in [-0.2, 0) is 0 Å². The van der Waals surface area contributed by atoms with E-state index in [9.17, 15) is 9.90 Å². The largest absolute Gasteiger partial charge is 0.478 e. The number of hydrogen-bond donors (Lipinski definition) is 3. The minimum absolute atomic E-state index is 0.355. The quantitative estimate of drug-likeness (QED) is 0.786. The molecule has 2 aromatic rings. The fourth-order valence-corrected chi connectivity index (χ4v) is 2.96. The minimum atomic E-state index is -0.883. The van der Waals surface area contributed by atoms with E-state index >= 15 is 0 Å². The summed E-state index contributed by atoms with van der Waals surface area (Å²) in [7, 11) is 0. The lowest BCUT2D eigenvalue weighted by atomic mass is 10.1. The van der Waals surface area contributed by atoms with Crippen LogP contribution in [0.2, 0.25) is 0 Å². The van der Waals surface area contributed by atoms with Gasteiger partial charge >= 0.3 is 5.97 Å². The molecule has 1 saturated carbocycles. The first kappa shape index (κ1) is 12.1. The zero-order chi connectivity index (χ0) is 13.2. The molecule has 100 valence electrons. The first-order valence-electron chi connectivity index (χ1n) is 6.83. The Morgan fingerprint density at radius 1 is 1.32 bits per heavy atom. The Labute approximate surface area is 111 Å². The fourth-order valence-electron chi connectivity index (χ4n) is 2.96. The van der Waals surface area contributed by atoms with Crippen molar-refractivity contribution in [3.05, 3.63) is 29.8 Å². The summed E-state index contributed by atoms with van der Waals surface area (Å²) in [6.07, 6.45) is 5.08. The number of anilines is 1. The third kappa shape index (κ3) is 2.30. The Kier molecular flexibility index (Phi) is 3.15. The number of carbonyl (C=O) groups is 1. The monoisotopic (exact) mass is 258 g/mol. The van der Waals surface area contributed by atoms with Crippen LogP contribution in [0.25, 0.3) is 10.9 Å². The van der Waals surface area contributed by atoms with E-state index in [0.717, 1.165) is 17.4 Å². The van der Waals surface area contributed by atoms with Gasteiger partial charge < -0.3 is 15.4 Å². The van der Waals surface area contributed by atoms with Gasteiger partial charge in [-0.25, -0.2) is 4.79 Å². The van der Waals surface area contributed by atoms with Crippen LogP contribution in [0.5, 0.6) is 0 Å². The van der Waals surface area contributed by atoms with E-state index in [4.69, 9.17) is 0 Å². The summed E-state index contributed by atoms with van der Waals surface area (Å²) >= 11 is 0. The topological polar surface area (TPSA) is 65.1 Å². The first-order chi connectivity index (χ1) is 9.25. The number of H-pyrrole nitrogens is 1. The highest BCUT2D eigenvalue weighted by Crippen LogP contribution is 2.28. The van der Waals surface area contributed by atoms with E-state index < -0.39 is 5.97 Å². The molecular weight excluding hydrogens is 240 g/mol. The summed E-state index contributed by atoms with van der Waals surface area (Å²) in [6.45, 7) is 0.854. The molecule has 0 unspecified atom stereocenters. The van der Waals surface area contributed by atoms with Gasteiger partial charge in [0, 0.05) is 17.4 Å². The van der Waals surface area contributed by atoms with Crippen LogP contribution in [0.15, 0.2) is 24.3 Å². The van der Waals surface area contributed by atoms with Crippen LogP contribution < -0.4 is 5.32 Å². The minimum Gasteiger partial charge on any atom is -0.478 e. The smallest absolute Gasteiger partial charge is 0.340 e. The number of carboxylic acids is 1. The Bertz CT molecular complexity index is 597. The molecule has 4 heteroatoms. The molecule has 0 saturated heterocycles. The van der Waals surface area contributed by atoms with Gasteiger partial charge in [0.25, 0.3) is 0 Å². The molecule has 4 nitrogen and oxygen atoms in total. The number of hydrogen-bond acceptors (Lipinski definition) is 2. The van der Waals surface area contributed by atoms with Gasteiger partial charge in [0.1, 0.15) is 11.4 Å². The summed E-state index contributed by atoms with van der Waals surface area (Å²) in [4.78, 5) is 14.6. The molecule has 1 aliphatic carbocycles. The van der Waals surface area contributed by atoms with Crippen molar-refractivity contribution in [2.75, 3.05) is 11.9 Å². The number of fused-ring (bicyclic) bond motifs is 1. The van der Waals surface area contributed by atoms with Gasteiger partial charge in [0.05, 0.1) is 0 Å². The lowest BCUT2D eigenvalue weighted by molar-refractivity contribution is 0.0700. The number of aromatic nitrogens is 1. The van der Waals surface area contributed by atoms with Gasteiger partial charge in [-0.1, -0.05) is 31.0 Å². The SMILES string of the molecule is O=C(O)c1c(NCC2CCCC2)[nH]c2ccccc12. The van der Waals surface area contributed by atoms with Crippen LogP contribution in [-0.4, -0.2) is 22.6 Å². The highest BCUT2D eigenvalue weighted by Gasteiger charge is 2.19. The number of benzene rings is 1. The van der Waals surface area contributed by atoms with Crippen molar-refractivity contribution in [1.82, 2.24) is 4.98 Å². The molecule has 0 aliphatic heterocycles. The second-order valence-corrected chi connectivity index (χ2v) is 5.26. The van der Waals surface area contributed by atoms with Crippen LogP contribution >= 0.6 is 0 Å². The van der Waals surface area contributed by atoms with E-state index in [1.165, 1.54) is 25.7 Å².